The van der Waals surface area contributed by atoms with Gasteiger partial charge in [0.15, 0.2) is 0 Å². The lowest BCUT2D eigenvalue weighted by Crippen LogP contribution is -2.03. The molecule has 0 fully saturated rings. The van der Waals surface area contributed by atoms with Crippen LogP contribution in [0.3, 0.4) is 0 Å². The summed E-state index contributed by atoms with van der Waals surface area (Å²) in [7, 11) is 0. The van der Waals surface area contributed by atoms with Gasteiger partial charge in [0.2, 0.25) is 0 Å². The molecule has 0 bridgehead atoms. The van der Waals surface area contributed by atoms with Crippen molar-refractivity contribution in [3.63, 3.8) is 0 Å². The van der Waals surface area contributed by atoms with Crippen molar-refractivity contribution in [2.75, 3.05) is 5.32 Å². The Balaban J connectivity index is 2.03. The van der Waals surface area contributed by atoms with Crippen LogP contribution in [-0.4, -0.2) is 6.61 Å². The normalized spacial score (nSPS) is 10.2. The molecular weight excluding hydrogens is 342 g/mol. The highest BCUT2D eigenvalue weighted by Gasteiger charge is 2.05. The molecule has 0 amide bonds. The van der Waals surface area contributed by atoms with Crippen LogP contribution in [0.2, 0.25) is 0 Å². The highest BCUT2D eigenvalue weighted by atomic mass is 79.9. The molecule has 0 unspecified atom stereocenters. The van der Waals surface area contributed by atoms with Gasteiger partial charge in [-0.2, -0.15) is 14.0 Å². The number of alkyl halides is 2. The van der Waals surface area contributed by atoms with E-state index in [0.717, 1.165) is 10.0 Å². The molecule has 0 saturated carbocycles. The largest absolute Gasteiger partial charge is 0.435 e. The van der Waals surface area contributed by atoms with E-state index in [9.17, 15) is 8.78 Å². The Labute approximate surface area is 129 Å². The first-order valence-electron chi connectivity index (χ1n) is 6.06. The second-order valence-electron chi connectivity index (χ2n) is 4.18. The van der Waals surface area contributed by atoms with Crippen molar-refractivity contribution in [2.24, 2.45) is 0 Å². The zero-order valence-corrected chi connectivity index (χ0v) is 12.4. The summed E-state index contributed by atoms with van der Waals surface area (Å²) in [5.41, 5.74) is 2.14. The standard InChI is InChI=1S/C15H11BrF2N2O/c16-12-4-3-11(8-19)14(7-12)20-9-10-1-5-13(6-2-10)21-15(17)18/h1-7,15,20H,9H2. The molecule has 6 heteroatoms. The topological polar surface area (TPSA) is 45.0 Å². The summed E-state index contributed by atoms with van der Waals surface area (Å²) in [6.07, 6.45) is 0. The molecular formula is C15H11BrF2N2O. The predicted molar refractivity (Wildman–Crippen MR) is 79.3 cm³/mol. The van der Waals surface area contributed by atoms with Crippen LogP contribution in [0, 0.1) is 11.3 Å². The Morgan fingerprint density at radius 3 is 2.52 bits per heavy atom. The Morgan fingerprint density at radius 2 is 1.90 bits per heavy atom. The number of hydrogen-bond acceptors (Lipinski definition) is 3. The summed E-state index contributed by atoms with van der Waals surface area (Å²) in [6.45, 7) is -2.35. The van der Waals surface area contributed by atoms with Gasteiger partial charge < -0.3 is 10.1 Å². The lowest BCUT2D eigenvalue weighted by molar-refractivity contribution is -0.0498. The molecule has 0 atom stereocenters. The van der Waals surface area contributed by atoms with Gasteiger partial charge in [0.25, 0.3) is 0 Å². The van der Waals surface area contributed by atoms with Crippen molar-refractivity contribution in [1.29, 1.82) is 5.26 Å². The molecule has 3 nitrogen and oxygen atoms in total. The molecule has 2 rings (SSSR count). The highest BCUT2D eigenvalue weighted by molar-refractivity contribution is 9.10. The first-order chi connectivity index (χ1) is 10.1. The number of halogens is 3. The van der Waals surface area contributed by atoms with Gasteiger partial charge in [0.1, 0.15) is 11.8 Å². The fraction of sp³-hybridized carbons (Fsp3) is 0.133. The van der Waals surface area contributed by atoms with Crippen molar-refractivity contribution >= 4 is 21.6 Å². The minimum absolute atomic E-state index is 0.119. The molecule has 0 heterocycles. The molecule has 0 aliphatic heterocycles. The first kappa shape index (κ1) is 15.3. The smallest absolute Gasteiger partial charge is 0.387 e. The fourth-order valence-electron chi connectivity index (χ4n) is 1.75. The van der Waals surface area contributed by atoms with Gasteiger partial charge in [-0.1, -0.05) is 28.1 Å². The molecule has 0 aliphatic carbocycles. The van der Waals surface area contributed by atoms with Crippen molar-refractivity contribution < 1.29 is 13.5 Å². The molecule has 0 radical (unpaired) electrons. The van der Waals surface area contributed by atoms with Crippen LogP contribution in [0.5, 0.6) is 5.75 Å². The van der Waals surface area contributed by atoms with Gasteiger partial charge >= 0.3 is 6.61 Å². The van der Waals surface area contributed by atoms with Crippen LogP contribution in [-0.2, 0) is 6.54 Å². The zero-order chi connectivity index (χ0) is 15.2. The third-order valence-corrected chi connectivity index (χ3v) is 3.23. The maximum atomic E-state index is 12.0. The van der Waals surface area contributed by atoms with E-state index >= 15 is 0 Å². The summed E-state index contributed by atoms with van der Waals surface area (Å²) < 4.78 is 29.2. The van der Waals surface area contributed by atoms with Crippen molar-refractivity contribution in [1.82, 2.24) is 0 Å². The maximum Gasteiger partial charge on any atom is 0.387 e. The maximum absolute atomic E-state index is 12.0. The minimum atomic E-state index is -2.83. The summed E-state index contributed by atoms with van der Waals surface area (Å²) in [5.74, 6) is 0.119. The summed E-state index contributed by atoms with van der Waals surface area (Å²) in [5, 5.41) is 12.2. The number of rotatable bonds is 5. The quantitative estimate of drug-likeness (QED) is 0.859. The van der Waals surface area contributed by atoms with E-state index in [1.54, 1.807) is 24.3 Å². The molecule has 0 saturated heterocycles. The molecule has 21 heavy (non-hydrogen) atoms. The number of ether oxygens (including phenoxy) is 1. The molecule has 2 aromatic carbocycles. The SMILES string of the molecule is N#Cc1ccc(Br)cc1NCc1ccc(OC(F)F)cc1. The van der Waals surface area contributed by atoms with Gasteiger partial charge in [-0.15, -0.1) is 0 Å². The van der Waals surface area contributed by atoms with E-state index in [1.807, 2.05) is 6.07 Å². The molecule has 108 valence electrons. The monoisotopic (exact) mass is 352 g/mol. The van der Waals surface area contributed by atoms with Crippen molar-refractivity contribution in [3.8, 4) is 11.8 Å². The average Bonchev–Trinajstić information content (AvgIpc) is 2.46. The number of benzene rings is 2. The van der Waals surface area contributed by atoms with Gasteiger partial charge in [-0.25, -0.2) is 0 Å². The van der Waals surface area contributed by atoms with Gasteiger partial charge in [-0.3, -0.25) is 0 Å². The minimum Gasteiger partial charge on any atom is -0.435 e. The van der Waals surface area contributed by atoms with Crippen molar-refractivity contribution in [2.45, 2.75) is 13.2 Å². The van der Waals surface area contributed by atoms with Crippen LogP contribution < -0.4 is 10.1 Å². The second kappa shape index (κ2) is 7.04. The number of nitrogens with one attached hydrogen (secondary N) is 1. The van der Waals surface area contributed by atoms with Gasteiger partial charge in [0, 0.05) is 11.0 Å². The van der Waals surface area contributed by atoms with E-state index in [-0.39, 0.29) is 5.75 Å². The highest BCUT2D eigenvalue weighted by Crippen LogP contribution is 2.22. The summed E-state index contributed by atoms with van der Waals surface area (Å²) in [4.78, 5) is 0. The van der Waals surface area contributed by atoms with E-state index < -0.39 is 6.61 Å². The van der Waals surface area contributed by atoms with Gasteiger partial charge in [-0.05, 0) is 35.9 Å². The summed E-state index contributed by atoms with van der Waals surface area (Å²) in [6, 6.07) is 13.8. The van der Waals surface area contributed by atoms with Crippen LogP contribution in [0.4, 0.5) is 14.5 Å². The summed E-state index contributed by atoms with van der Waals surface area (Å²) >= 11 is 3.35. The van der Waals surface area contributed by atoms with Crippen LogP contribution in [0.15, 0.2) is 46.9 Å². The van der Waals surface area contributed by atoms with E-state index in [4.69, 9.17) is 5.26 Å². The van der Waals surface area contributed by atoms with Crippen LogP contribution >= 0.6 is 15.9 Å². The van der Waals surface area contributed by atoms with E-state index in [1.165, 1.54) is 12.1 Å². The fourth-order valence-corrected chi connectivity index (χ4v) is 2.11. The number of nitriles is 1. The Kier molecular flexibility index (Phi) is 5.12. The first-order valence-corrected chi connectivity index (χ1v) is 6.85. The predicted octanol–water partition coefficient (Wildman–Crippen LogP) is 4.53. The van der Waals surface area contributed by atoms with Crippen molar-refractivity contribution in [3.05, 3.63) is 58.1 Å². The molecule has 0 aliphatic rings. The molecule has 0 spiro atoms. The second-order valence-corrected chi connectivity index (χ2v) is 5.09. The number of hydrogen-bond donors (Lipinski definition) is 1. The zero-order valence-electron chi connectivity index (χ0n) is 10.8. The van der Waals surface area contributed by atoms with Crippen LogP contribution in [0.1, 0.15) is 11.1 Å². The number of nitrogens with zero attached hydrogens (tertiary/aromatic N) is 1. The molecule has 0 aromatic heterocycles. The Bertz CT molecular complexity index is 654. The van der Waals surface area contributed by atoms with Crippen LogP contribution in [0.25, 0.3) is 0 Å². The lowest BCUT2D eigenvalue weighted by Gasteiger charge is -2.10. The van der Waals surface area contributed by atoms with E-state index in [0.29, 0.717) is 17.8 Å². The lowest BCUT2D eigenvalue weighted by atomic mass is 10.1. The third kappa shape index (κ3) is 4.43. The average molecular weight is 353 g/mol. The van der Waals surface area contributed by atoms with Gasteiger partial charge in [0.05, 0.1) is 11.3 Å². The Hall–Kier alpha value is -2.13. The Morgan fingerprint density at radius 1 is 1.19 bits per heavy atom. The molecule has 1 N–H and O–H groups in total. The third-order valence-electron chi connectivity index (χ3n) is 2.73. The number of anilines is 1. The van der Waals surface area contributed by atoms with E-state index in [2.05, 4.69) is 32.1 Å². The molecule has 2 aromatic rings.